The van der Waals surface area contributed by atoms with Crippen molar-refractivity contribution in [2.45, 2.75) is 37.6 Å². The maximum Gasteiger partial charge on any atom is 0.240 e. The number of rotatable bonds is 4. The van der Waals surface area contributed by atoms with Crippen LogP contribution in [-0.2, 0) is 6.54 Å². The van der Waals surface area contributed by atoms with E-state index in [1.807, 2.05) is 6.07 Å². The number of benzene rings is 1. The second kappa shape index (κ2) is 4.98. The van der Waals surface area contributed by atoms with E-state index >= 15 is 0 Å². The topological polar surface area (TPSA) is 83.4 Å². The van der Waals surface area contributed by atoms with Gasteiger partial charge in [0, 0.05) is 11.1 Å². The zero-order valence-corrected chi connectivity index (χ0v) is 12.8. The van der Waals surface area contributed by atoms with Crippen molar-refractivity contribution in [3.8, 4) is 22.9 Å². The fraction of sp³-hybridized carbons (Fsp3) is 0.500. The van der Waals surface area contributed by atoms with Gasteiger partial charge in [-0.2, -0.15) is 4.98 Å². The average molecular weight is 301 g/mol. The lowest BCUT2D eigenvalue weighted by atomic mass is 9.88. The summed E-state index contributed by atoms with van der Waals surface area (Å²) < 4.78 is 16.5. The standard InChI is InChI=1S/C16H19N3O3/c1-20-11-6-10(16-18-12(7-17)22-19-16)15(21-2)14-9-4-3-8(5-9)13(11)14/h6,8-9H,3-5,7,17H2,1-2H3. The highest BCUT2D eigenvalue weighted by Crippen LogP contribution is 2.60. The van der Waals surface area contributed by atoms with Crippen LogP contribution in [0.4, 0.5) is 0 Å². The maximum atomic E-state index is 5.73. The molecular formula is C16H19N3O3. The molecule has 2 aliphatic rings. The molecule has 0 radical (unpaired) electrons. The van der Waals surface area contributed by atoms with E-state index in [1.54, 1.807) is 14.2 Å². The van der Waals surface area contributed by atoms with Crippen LogP contribution >= 0.6 is 0 Å². The third kappa shape index (κ3) is 1.76. The van der Waals surface area contributed by atoms with E-state index in [0.717, 1.165) is 17.1 Å². The molecule has 1 saturated carbocycles. The van der Waals surface area contributed by atoms with Gasteiger partial charge in [-0.3, -0.25) is 0 Å². The summed E-state index contributed by atoms with van der Waals surface area (Å²) in [7, 11) is 3.40. The first-order chi connectivity index (χ1) is 10.8. The lowest BCUT2D eigenvalue weighted by Crippen LogP contribution is -2.06. The van der Waals surface area contributed by atoms with Crippen molar-refractivity contribution in [3.05, 3.63) is 23.1 Å². The van der Waals surface area contributed by atoms with Gasteiger partial charge in [0.1, 0.15) is 11.5 Å². The van der Waals surface area contributed by atoms with Crippen LogP contribution in [-0.4, -0.2) is 24.4 Å². The third-order valence-electron chi connectivity index (χ3n) is 4.88. The van der Waals surface area contributed by atoms with Gasteiger partial charge in [-0.1, -0.05) is 5.16 Å². The lowest BCUT2D eigenvalue weighted by Gasteiger charge is -2.22. The van der Waals surface area contributed by atoms with Crippen LogP contribution in [0, 0.1) is 0 Å². The van der Waals surface area contributed by atoms with Gasteiger partial charge in [-0.05, 0) is 37.2 Å². The summed E-state index contributed by atoms with van der Waals surface area (Å²) in [6.07, 6.45) is 3.63. The first-order valence-corrected chi connectivity index (χ1v) is 7.58. The largest absolute Gasteiger partial charge is 0.496 e. The molecule has 2 atom stereocenters. The zero-order chi connectivity index (χ0) is 15.3. The van der Waals surface area contributed by atoms with Crippen LogP contribution < -0.4 is 15.2 Å². The molecule has 0 amide bonds. The molecule has 116 valence electrons. The van der Waals surface area contributed by atoms with E-state index in [-0.39, 0.29) is 6.54 Å². The van der Waals surface area contributed by atoms with Gasteiger partial charge in [-0.15, -0.1) is 0 Å². The van der Waals surface area contributed by atoms with Crippen molar-refractivity contribution < 1.29 is 14.0 Å². The first kappa shape index (κ1) is 13.6. The Labute approximate surface area is 128 Å². The number of nitrogens with zero attached hydrogens (tertiary/aromatic N) is 2. The Kier molecular flexibility index (Phi) is 3.07. The molecule has 2 aromatic rings. The molecule has 1 fully saturated rings. The van der Waals surface area contributed by atoms with E-state index in [9.17, 15) is 0 Å². The van der Waals surface area contributed by atoms with Gasteiger partial charge in [0.15, 0.2) is 0 Å². The molecule has 0 aliphatic heterocycles. The molecule has 0 saturated heterocycles. The molecule has 2 unspecified atom stereocenters. The summed E-state index contributed by atoms with van der Waals surface area (Å²) in [4.78, 5) is 4.33. The molecule has 0 spiro atoms. The van der Waals surface area contributed by atoms with Crippen LogP contribution in [0.15, 0.2) is 10.6 Å². The second-order valence-electron chi connectivity index (χ2n) is 5.91. The Morgan fingerprint density at radius 1 is 1.23 bits per heavy atom. The molecule has 2 N–H and O–H groups in total. The van der Waals surface area contributed by atoms with Crippen molar-refractivity contribution in [1.82, 2.24) is 10.1 Å². The summed E-state index contributed by atoms with van der Waals surface area (Å²) >= 11 is 0. The van der Waals surface area contributed by atoms with E-state index in [2.05, 4.69) is 10.1 Å². The number of hydrogen-bond acceptors (Lipinski definition) is 6. The smallest absolute Gasteiger partial charge is 0.240 e. The van der Waals surface area contributed by atoms with Crippen molar-refractivity contribution in [1.29, 1.82) is 0 Å². The second-order valence-corrected chi connectivity index (χ2v) is 5.91. The lowest BCUT2D eigenvalue weighted by molar-refractivity contribution is 0.378. The van der Waals surface area contributed by atoms with E-state index in [1.165, 1.54) is 30.4 Å². The molecule has 1 aromatic heterocycles. The highest BCUT2D eigenvalue weighted by Gasteiger charge is 2.42. The molecule has 1 aromatic carbocycles. The maximum absolute atomic E-state index is 5.73. The first-order valence-electron chi connectivity index (χ1n) is 7.58. The third-order valence-corrected chi connectivity index (χ3v) is 4.88. The van der Waals surface area contributed by atoms with Gasteiger partial charge >= 0.3 is 0 Å². The van der Waals surface area contributed by atoms with Gasteiger partial charge in [0.05, 0.1) is 26.3 Å². The van der Waals surface area contributed by atoms with E-state index in [4.69, 9.17) is 19.7 Å². The Morgan fingerprint density at radius 2 is 2.00 bits per heavy atom. The normalized spacial score (nSPS) is 22.0. The highest BCUT2D eigenvalue weighted by molar-refractivity contribution is 5.73. The highest BCUT2D eigenvalue weighted by atomic mass is 16.5. The van der Waals surface area contributed by atoms with Crippen LogP contribution in [0.1, 0.15) is 48.1 Å². The van der Waals surface area contributed by atoms with Crippen LogP contribution in [0.3, 0.4) is 0 Å². The summed E-state index contributed by atoms with van der Waals surface area (Å²) in [6, 6.07) is 1.96. The van der Waals surface area contributed by atoms with E-state index in [0.29, 0.717) is 23.6 Å². The SMILES string of the molecule is COc1cc(-c2noc(CN)n2)c(OC)c2c1C1CCC2C1. The molecule has 4 rings (SSSR count). The minimum absolute atomic E-state index is 0.224. The molecule has 2 bridgehead atoms. The number of aromatic nitrogens is 2. The number of fused-ring (bicyclic) bond motifs is 5. The van der Waals surface area contributed by atoms with Gasteiger partial charge in [-0.25, -0.2) is 0 Å². The van der Waals surface area contributed by atoms with Crippen LogP contribution in [0.2, 0.25) is 0 Å². The summed E-state index contributed by atoms with van der Waals surface area (Å²) in [5, 5.41) is 4.03. The number of nitrogens with two attached hydrogens (primary N) is 1. The van der Waals surface area contributed by atoms with E-state index < -0.39 is 0 Å². The van der Waals surface area contributed by atoms with Gasteiger partial charge in [0.25, 0.3) is 0 Å². The monoisotopic (exact) mass is 301 g/mol. The zero-order valence-electron chi connectivity index (χ0n) is 12.8. The van der Waals surface area contributed by atoms with Crippen LogP contribution in [0.25, 0.3) is 11.4 Å². The van der Waals surface area contributed by atoms with Crippen molar-refractivity contribution in [2.75, 3.05) is 14.2 Å². The minimum atomic E-state index is 0.224. The molecule has 2 aliphatic carbocycles. The number of ether oxygens (including phenoxy) is 2. The summed E-state index contributed by atoms with van der Waals surface area (Å²) in [6.45, 7) is 0.224. The molecule has 6 nitrogen and oxygen atoms in total. The predicted octanol–water partition coefficient (Wildman–Crippen LogP) is 2.58. The fourth-order valence-corrected chi connectivity index (χ4v) is 4.01. The Balaban J connectivity index is 1.94. The Morgan fingerprint density at radius 3 is 2.64 bits per heavy atom. The fourth-order valence-electron chi connectivity index (χ4n) is 4.01. The van der Waals surface area contributed by atoms with Crippen molar-refractivity contribution >= 4 is 0 Å². The van der Waals surface area contributed by atoms with Crippen LogP contribution in [0.5, 0.6) is 11.5 Å². The Bertz CT molecular complexity index is 726. The minimum Gasteiger partial charge on any atom is -0.496 e. The summed E-state index contributed by atoms with van der Waals surface area (Å²) in [5.74, 6) is 3.80. The number of hydrogen-bond donors (Lipinski definition) is 1. The number of methoxy groups -OCH3 is 2. The molecule has 22 heavy (non-hydrogen) atoms. The van der Waals surface area contributed by atoms with Gasteiger partial charge < -0.3 is 19.7 Å². The molecule has 6 heteroatoms. The molecular weight excluding hydrogens is 282 g/mol. The quantitative estimate of drug-likeness (QED) is 0.934. The predicted molar refractivity (Wildman–Crippen MR) is 80.1 cm³/mol. The van der Waals surface area contributed by atoms with Gasteiger partial charge in [0.2, 0.25) is 11.7 Å². The van der Waals surface area contributed by atoms with Crippen molar-refractivity contribution in [3.63, 3.8) is 0 Å². The van der Waals surface area contributed by atoms with Crippen molar-refractivity contribution in [2.24, 2.45) is 5.73 Å². The summed E-state index contributed by atoms with van der Waals surface area (Å²) in [5.41, 5.74) is 8.95. The Hall–Kier alpha value is -2.08. The average Bonchev–Trinajstić information content (AvgIpc) is 3.28. The molecule has 1 heterocycles.